The highest BCUT2D eigenvalue weighted by molar-refractivity contribution is 7.11. The Hall–Kier alpha value is -3.78. The average Bonchev–Trinajstić information content (AvgIpc) is 3.40. The summed E-state index contributed by atoms with van der Waals surface area (Å²) in [6.07, 6.45) is 0. The lowest BCUT2D eigenvalue weighted by Crippen LogP contribution is -2.32. The molecule has 2 aromatic carbocycles. The fraction of sp³-hybridized carbons (Fsp3) is 0.130. The van der Waals surface area contributed by atoms with Crippen LogP contribution in [0.2, 0.25) is 0 Å². The predicted molar refractivity (Wildman–Crippen MR) is 120 cm³/mol. The molecular formula is C23H20N2O5S. The van der Waals surface area contributed by atoms with Crippen molar-refractivity contribution in [2.24, 2.45) is 0 Å². The SMILES string of the molecule is COc1ccc(OC)c(NC2=C(c3cccs3)C(=O)N(c3ccccc3OC)C2=O)c1. The van der Waals surface area contributed by atoms with Crippen LogP contribution in [-0.4, -0.2) is 33.1 Å². The van der Waals surface area contributed by atoms with Crippen molar-refractivity contribution in [1.29, 1.82) is 0 Å². The maximum Gasteiger partial charge on any atom is 0.282 e. The molecule has 0 aliphatic carbocycles. The first-order chi connectivity index (χ1) is 15.1. The molecule has 0 saturated carbocycles. The van der Waals surface area contributed by atoms with Crippen LogP contribution >= 0.6 is 11.3 Å². The number of nitrogens with one attached hydrogen (secondary N) is 1. The first-order valence-electron chi connectivity index (χ1n) is 9.38. The monoisotopic (exact) mass is 436 g/mol. The van der Waals surface area contributed by atoms with Gasteiger partial charge in [-0.15, -0.1) is 11.3 Å². The van der Waals surface area contributed by atoms with Crippen molar-refractivity contribution in [1.82, 2.24) is 0 Å². The number of para-hydroxylation sites is 2. The number of thiophene rings is 1. The van der Waals surface area contributed by atoms with E-state index in [0.29, 0.717) is 33.5 Å². The van der Waals surface area contributed by atoms with E-state index in [-0.39, 0.29) is 11.3 Å². The summed E-state index contributed by atoms with van der Waals surface area (Å²) >= 11 is 1.38. The minimum atomic E-state index is -0.484. The molecule has 7 nitrogen and oxygen atoms in total. The minimum absolute atomic E-state index is 0.157. The Balaban J connectivity index is 1.84. The largest absolute Gasteiger partial charge is 0.497 e. The molecule has 0 atom stereocenters. The number of benzene rings is 2. The van der Waals surface area contributed by atoms with E-state index >= 15 is 0 Å². The van der Waals surface area contributed by atoms with E-state index in [9.17, 15) is 9.59 Å². The number of imide groups is 1. The molecule has 1 aliphatic heterocycles. The van der Waals surface area contributed by atoms with Crippen LogP contribution < -0.4 is 24.4 Å². The van der Waals surface area contributed by atoms with Gasteiger partial charge in [-0.25, -0.2) is 4.90 Å². The van der Waals surface area contributed by atoms with Gasteiger partial charge >= 0.3 is 0 Å². The van der Waals surface area contributed by atoms with Crippen molar-refractivity contribution in [3.63, 3.8) is 0 Å². The standard InChI is InChI=1S/C23H20N2O5S/c1-28-14-10-11-17(29-2)15(13-14)24-21-20(19-9-6-12-31-19)22(26)25(23(21)27)16-7-4-5-8-18(16)30-3/h4-13,24H,1-3H3. The van der Waals surface area contributed by atoms with Crippen LogP contribution in [0.25, 0.3) is 5.57 Å². The highest BCUT2D eigenvalue weighted by Crippen LogP contribution is 2.40. The zero-order chi connectivity index (χ0) is 22.0. The Kier molecular flexibility index (Phi) is 5.64. The summed E-state index contributed by atoms with van der Waals surface area (Å²) in [5.41, 5.74) is 1.33. The number of nitrogens with zero attached hydrogens (tertiary/aromatic N) is 1. The summed E-state index contributed by atoms with van der Waals surface area (Å²) in [5.74, 6) is 0.605. The molecule has 1 N–H and O–H groups in total. The Morgan fingerprint density at radius 3 is 2.29 bits per heavy atom. The minimum Gasteiger partial charge on any atom is -0.497 e. The molecule has 1 aromatic heterocycles. The van der Waals surface area contributed by atoms with Crippen LogP contribution in [0.5, 0.6) is 17.2 Å². The quantitative estimate of drug-likeness (QED) is 0.560. The molecule has 0 fully saturated rings. The van der Waals surface area contributed by atoms with Gasteiger partial charge in [-0.05, 0) is 35.7 Å². The van der Waals surface area contributed by atoms with E-state index < -0.39 is 11.8 Å². The van der Waals surface area contributed by atoms with Crippen molar-refractivity contribution in [2.75, 3.05) is 31.5 Å². The number of methoxy groups -OCH3 is 3. The van der Waals surface area contributed by atoms with Crippen molar-refractivity contribution in [3.05, 3.63) is 70.6 Å². The summed E-state index contributed by atoms with van der Waals surface area (Å²) in [6.45, 7) is 0. The van der Waals surface area contributed by atoms with Crippen molar-refractivity contribution in [3.8, 4) is 17.2 Å². The molecule has 158 valence electrons. The highest BCUT2D eigenvalue weighted by atomic mass is 32.1. The van der Waals surface area contributed by atoms with E-state index in [1.54, 1.807) is 55.6 Å². The summed E-state index contributed by atoms with van der Waals surface area (Å²) in [7, 11) is 4.58. The van der Waals surface area contributed by atoms with Crippen LogP contribution in [0.1, 0.15) is 4.88 Å². The van der Waals surface area contributed by atoms with Gasteiger partial charge in [0.25, 0.3) is 11.8 Å². The second-order valence-corrected chi connectivity index (χ2v) is 7.48. The molecule has 8 heteroatoms. The van der Waals surface area contributed by atoms with Crippen molar-refractivity contribution < 1.29 is 23.8 Å². The predicted octanol–water partition coefficient (Wildman–Crippen LogP) is 4.17. The fourth-order valence-corrected chi connectivity index (χ4v) is 4.14. The maximum atomic E-state index is 13.5. The van der Waals surface area contributed by atoms with Crippen molar-refractivity contribution in [2.45, 2.75) is 0 Å². The van der Waals surface area contributed by atoms with Crippen LogP contribution in [-0.2, 0) is 9.59 Å². The molecule has 2 heterocycles. The first-order valence-corrected chi connectivity index (χ1v) is 10.3. The molecule has 0 unspecified atom stereocenters. The zero-order valence-electron chi connectivity index (χ0n) is 17.2. The number of hydrogen-bond acceptors (Lipinski definition) is 7. The third-order valence-electron chi connectivity index (χ3n) is 4.84. The lowest BCUT2D eigenvalue weighted by molar-refractivity contribution is -0.120. The number of carbonyl (C=O) groups excluding carboxylic acids is 2. The molecule has 0 bridgehead atoms. The summed E-state index contributed by atoms with van der Waals surface area (Å²) < 4.78 is 16.1. The zero-order valence-corrected chi connectivity index (χ0v) is 18.0. The molecule has 3 aromatic rings. The smallest absolute Gasteiger partial charge is 0.282 e. The van der Waals surface area contributed by atoms with Gasteiger partial charge in [-0.2, -0.15) is 0 Å². The van der Waals surface area contributed by atoms with E-state index in [1.807, 2.05) is 11.4 Å². The molecule has 4 rings (SSSR count). The molecule has 1 aliphatic rings. The molecule has 31 heavy (non-hydrogen) atoms. The lowest BCUT2D eigenvalue weighted by atomic mass is 10.1. The van der Waals surface area contributed by atoms with Crippen LogP contribution in [0.4, 0.5) is 11.4 Å². The number of anilines is 2. The third kappa shape index (κ3) is 3.62. The number of amides is 2. The van der Waals surface area contributed by atoms with Gasteiger partial charge in [0, 0.05) is 10.9 Å². The fourth-order valence-electron chi connectivity index (χ4n) is 3.37. The summed E-state index contributed by atoms with van der Waals surface area (Å²) in [5, 5.41) is 4.98. The van der Waals surface area contributed by atoms with Gasteiger partial charge in [0.05, 0.1) is 38.3 Å². The van der Waals surface area contributed by atoms with Gasteiger partial charge in [0.2, 0.25) is 0 Å². The van der Waals surface area contributed by atoms with Gasteiger partial charge in [-0.3, -0.25) is 9.59 Å². The van der Waals surface area contributed by atoms with E-state index in [2.05, 4.69) is 5.32 Å². The molecular weight excluding hydrogens is 416 g/mol. The number of rotatable bonds is 7. The number of hydrogen-bond donors (Lipinski definition) is 1. The molecule has 0 saturated heterocycles. The Morgan fingerprint density at radius 1 is 0.839 bits per heavy atom. The topological polar surface area (TPSA) is 77.1 Å². The normalized spacial score (nSPS) is 13.6. The average molecular weight is 436 g/mol. The van der Waals surface area contributed by atoms with Crippen LogP contribution in [0.3, 0.4) is 0 Å². The van der Waals surface area contributed by atoms with Gasteiger partial charge in [0.15, 0.2) is 0 Å². The van der Waals surface area contributed by atoms with E-state index in [0.717, 1.165) is 4.90 Å². The Bertz CT molecular complexity index is 1170. The summed E-state index contributed by atoms with van der Waals surface area (Å²) in [4.78, 5) is 28.8. The Labute approximate surface area is 183 Å². The van der Waals surface area contributed by atoms with Crippen LogP contribution in [0, 0.1) is 0 Å². The molecule has 2 amide bonds. The number of ether oxygens (including phenoxy) is 3. The van der Waals surface area contributed by atoms with Gasteiger partial charge in [0.1, 0.15) is 22.9 Å². The third-order valence-corrected chi connectivity index (χ3v) is 5.73. The van der Waals surface area contributed by atoms with Gasteiger partial charge in [-0.1, -0.05) is 18.2 Å². The maximum absolute atomic E-state index is 13.5. The summed E-state index contributed by atoms with van der Waals surface area (Å²) in [6, 6.07) is 15.7. The van der Waals surface area contributed by atoms with E-state index in [4.69, 9.17) is 14.2 Å². The van der Waals surface area contributed by atoms with E-state index in [1.165, 1.54) is 25.6 Å². The lowest BCUT2D eigenvalue weighted by Gasteiger charge is -2.18. The van der Waals surface area contributed by atoms with Crippen LogP contribution in [0.15, 0.2) is 65.7 Å². The first kappa shape index (κ1) is 20.5. The second kappa shape index (κ2) is 8.53. The number of carbonyl (C=O) groups is 2. The highest BCUT2D eigenvalue weighted by Gasteiger charge is 2.42. The molecule has 0 spiro atoms. The molecule has 0 radical (unpaired) electrons. The Morgan fingerprint density at radius 2 is 1.61 bits per heavy atom. The van der Waals surface area contributed by atoms with Crippen molar-refractivity contribution >= 4 is 40.1 Å². The van der Waals surface area contributed by atoms with Gasteiger partial charge < -0.3 is 19.5 Å². The second-order valence-electron chi connectivity index (χ2n) is 6.54.